The van der Waals surface area contributed by atoms with Gasteiger partial charge in [0.15, 0.2) is 5.58 Å². The Morgan fingerprint density at radius 2 is 1.83 bits per heavy atom. The van der Waals surface area contributed by atoms with Gasteiger partial charge in [0, 0.05) is 16.8 Å². The van der Waals surface area contributed by atoms with Gasteiger partial charge in [0.2, 0.25) is 5.89 Å². The zero-order valence-electron chi connectivity index (χ0n) is 16.4. The highest BCUT2D eigenvalue weighted by Gasteiger charge is 2.14. The minimum absolute atomic E-state index is 0.176. The summed E-state index contributed by atoms with van der Waals surface area (Å²) in [7, 11) is 0. The first kappa shape index (κ1) is 18.7. The van der Waals surface area contributed by atoms with Crippen molar-refractivity contribution < 1.29 is 13.9 Å². The molecule has 0 spiro atoms. The van der Waals surface area contributed by atoms with Crippen LogP contribution in [0.3, 0.4) is 0 Å². The Labute approximate surface area is 169 Å². The van der Waals surface area contributed by atoms with Crippen molar-refractivity contribution >= 4 is 22.7 Å². The summed E-state index contributed by atoms with van der Waals surface area (Å²) in [6.45, 7) is 4.66. The van der Waals surface area contributed by atoms with Gasteiger partial charge in [-0.15, -0.1) is 0 Å². The van der Waals surface area contributed by atoms with Crippen molar-refractivity contribution in [2.45, 2.75) is 20.3 Å². The summed E-state index contributed by atoms with van der Waals surface area (Å²) >= 11 is 0. The molecule has 4 rings (SSSR count). The second-order valence-corrected chi connectivity index (χ2v) is 6.79. The van der Waals surface area contributed by atoms with Gasteiger partial charge < -0.3 is 14.5 Å². The summed E-state index contributed by atoms with van der Waals surface area (Å²) in [6.07, 6.45) is 0.942. The fourth-order valence-corrected chi connectivity index (χ4v) is 3.11. The highest BCUT2D eigenvalue weighted by Crippen LogP contribution is 2.30. The second-order valence-electron chi connectivity index (χ2n) is 6.79. The molecule has 0 fully saturated rings. The van der Waals surface area contributed by atoms with Crippen LogP contribution in [0.15, 0.2) is 71.1 Å². The molecule has 0 aliphatic rings. The van der Waals surface area contributed by atoms with Crippen molar-refractivity contribution in [2.75, 3.05) is 11.9 Å². The molecule has 3 aromatic carbocycles. The highest BCUT2D eigenvalue weighted by molar-refractivity contribution is 6.05. The van der Waals surface area contributed by atoms with Crippen LogP contribution in [0.2, 0.25) is 0 Å². The lowest BCUT2D eigenvalue weighted by molar-refractivity contribution is 0.102. The fourth-order valence-electron chi connectivity index (χ4n) is 3.11. The Kier molecular flexibility index (Phi) is 5.29. The maximum Gasteiger partial charge on any atom is 0.255 e. The van der Waals surface area contributed by atoms with Crippen molar-refractivity contribution in [1.82, 2.24) is 4.98 Å². The van der Waals surface area contributed by atoms with Crippen LogP contribution in [0.1, 0.15) is 29.3 Å². The first-order valence-electron chi connectivity index (χ1n) is 9.65. The number of carbonyl (C=O) groups is 1. The predicted molar refractivity (Wildman–Crippen MR) is 114 cm³/mol. The number of hydrogen-bond acceptors (Lipinski definition) is 4. The van der Waals surface area contributed by atoms with E-state index in [0.29, 0.717) is 18.1 Å². The molecule has 4 aromatic rings. The number of oxazole rings is 1. The van der Waals surface area contributed by atoms with E-state index in [1.54, 1.807) is 12.1 Å². The van der Waals surface area contributed by atoms with Crippen LogP contribution in [0.5, 0.6) is 5.75 Å². The molecule has 0 radical (unpaired) electrons. The molecule has 1 N–H and O–H groups in total. The van der Waals surface area contributed by atoms with Crippen LogP contribution in [-0.2, 0) is 0 Å². The molecule has 0 saturated carbocycles. The van der Waals surface area contributed by atoms with E-state index in [1.807, 2.05) is 61.5 Å². The molecule has 146 valence electrons. The van der Waals surface area contributed by atoms with E-state index in [-0.39, 0.29) is 5.91 Å². The van der Waals surface area contributed by atoms with Crippen LogP contribution >= 0.6 is 0 Å². The van der Waals surface area contributed by atoms with Gasteiger partial charge in [-0.3, -0.25) is 4.79 Å². The topological polar surface area (TPSA) is 64.4 Å². The normalized spacial score (nSPS) is 10.8. The quantitative estimate of drug-likeness (QED) is 0.452. The van der Waals surface area contributed by atoms with Crippen LogP contribution in [0.25, 0.3) is 22.6 Å². The number of ether oxygens (including phenoxy) is 1. The number of para-hydroxylation sites is 2. The Morgan fingerprint density at radius 1 is 1.03 bits per heavy atom. The van der Waals surface area contributed by atoms with E-state index in [0.717, 1.165) is 40.1 Å². The Morgan fingerprint density at radius 3 is 2.59 bits per heavy atom. The lowest BCUT2D eigenvalue weighted by Crippen LogP contribution is -2.13. The third kappa shape index (κ3) is 3.99. The molecule has 0 atom stereocenters. The van der Waals surface area contributed by atoms with Crippen molar-refractivity contribution in [3.8, 4) is 17.2 Å². The maximum absolute atomic E-state index is 12.7. The number of nitrogens with one attached hydrogen (secondary N) is 1. The molecule has 5 nitrogen and oxygen atoms in total. The number of fused-ring (bicyclic) bond motifs is 1. The van der Waals surface area contributed by atoms with Crippen LogP contribution in [0.4, 0.5) is 5.69 Å². The van der Waals surface area contributed by atoms with E-state index < -0.39 is 0 Å². The molecule has 1 aromatic heterocycles. The van der Waals surface area contributed by atoms with E-state index in [9.17, 15) is 4.79 Å². The van der Waals surface area contributed by atoms with E-state index in [4.69, 9.17) is 9.15 Å². The number of nitrogens with zero attached hydrogens (tertiary/aromatic N) is 1. The fraction of sp³-hybridized carbons (Fsp3) is 0.167. The van der Waals surface area contributed by atoms with E-state index in [2.05, 4.69) is 17.2 Å². The summed E-state index contributed by atoms with van der Waals surface area (Å²) in [5.41, 5.74) is 4.59. The van der Waals surface area contributed by atoms with E-state index >= 15 is 0 Å². The summed E-state index contributed by atoms with van der Waals surface area (Å²) in [4.78, 5) is 17.3. The van der Waals surface area contributed by atoms with Gasteiger partial charge in [0.1, 0.15) is 11.3 Å². The molecule has 5 heteroatoms. The third-order valence-corrected chi connectivity index (χ3v) is 4.70. The molecule has 29 heavy (non-hydrogen) atoms. The monoisotopic (exact) mass is 386 g/mol. The first-order valence-corrected chi connectivity index (χ1v) is 9.65. The Balaban J connectivity index is 1.56. The summed E-state index contributed by atoms with van der Waals surface area (Å²) in [6, 6.07) is 20.5. The van der Waals surface area contributed by atoms with Crippen LogP contribution in [0, 0.1) is 6.92 Å². The average Bonchev–Trinajstić information content (AvgIpc) is 3.18. The van der Waals surface area contributed by atoms with Gasteiger partial charge in [-0.25, -0.2) is 4.98 Å². The van der Waals surface area contributed by atoms with Gasteiger partial charge in [-0.05, 0) is 67.4 Å². The molecule has 0 unspecified atom stereocenters. The van der Waals surface area contributed by atoms with E-state index in [1.165, 1.54) is 0 Å². The third-order valence-electron chi connectivity index (χ3n) is 4.70. The number of amides is 1. The van der Waals surface area contributed by atoms with Gasteiger partial charge in [0.25, 0.3) is 5.91 Å². The number of rotatable bonds is 6. The largest absolute Gasteiger partial charge is 0.494 e. The van der Waals surface area contributed by atoms with Gasteiger partial charge in [-0.1, -0.05) is 25.1 Å². The minimum Gasteiger partial charge on any atom is -0.494 e. The van der Waals surface area contributed by atoms with Gasteiger partial charge in [-0.2, -0.15) is 0 Å². The first-order chi connectivity index (χ1) is 14.2. The smallest absolute Gasteiger partial charge is 0.255 e. The van der Waals surface area contributed by atoms with Crippen molar-refractivity contribution in [1.29, 1.82) is 0 Å². The number of anilines is 1. The number of benzene rings is 3. The molecule has 0 aliphatic heterocycles. The van der Waals surface area contributed by atoms with Crippen molar-refractivity contribution in [2.24, 2.45) is 0 Å². The molecular weight excluding hydrogens is 364 g/mol. The molecule has 0 saturated heterocycles. The average molecular weight is 386 g/mol. The van der Waals surface area contributed by atoms with Crippen molar-refractivity contribution in [3.05, 3.63) is 77.9 Å². The second kappa shape index (κ2) is 8.19. The molecular formula is C24H22N2O3. The van der Waals surface area contributed by atoms with Crippen LogP contribution < -0.4 is 10.1 Å². The van der Waals surface area contributed by atoms with Crippen molar-refractivity contribution in [3.63, 3.8) is 0 Å². The predicted octanol–water partition coefficient (Wildman–Crippen LogP) is 5.84. The molecule has 0 bridgehead atoms. The maximum atomic E-state index is 12.7. The summed E-state index contributed by atoms with van der Waals surface area (Å²) in [5, 5.41) is 2.98. The number of carbonyl (C=O) groups excluding carboxylic acids is 1. The summed E-state index contributed by atoms with van der Waals surface area (Å²) < 4.78 is 11.5. The standard InChI is InChI=1S/C24H22N2O3/c1-3-15-28-18-13-11-17(12-14-18)23(27)25-20-9-6-7-19(16(20)2)24-26-21-8-4-5-10-22(21)29-24/h4-14H,3,15H2,1-2H3,(H,25,27). The van der Waals surface area contributed by atoms with Gasteiger partial charge in [0.05, 0.1) is 6.61 Å². The zero-order chi connectivity index (χ0) is 20.2. The zero-order valence-corrected chi connectivity index (χ0v) is 16.4. The molecule has 1 heterocycles. The number of aromatic nitrogens is 1. The van der Waals surface area contributed by atoms with Gasteiger partial charge >= 0.3 is 0 Å². The molecule has 0 aliphatic carbocycles. The van der Waals surface area contributed by atoms with Crippen LogP contribution in [-0.4, -0.2) is 17.5 Å². The lowest BCUT2D eigenvalue weighted by Gasteiger charge is -2.11. The highest BCUT2D eigenvalue weighted by atomic mass is 16.5. The minimum atomic E-state index is -0.176. The Hall–Kier alpha value is -3.60. The SMILES string of the molecule is CCCOc1ccc(C(=O)Nc2cccc(-c3nc4ccccc4o3)c2C)cc1. The number of hydrogen-bond donors (Lipinski definition) is 1. The summed E-state index contributed by atoms with van der Waals surface area (Å²) in [5.74, 6) is 1.12. The lowest BCUT2D eigenvalue weighted by atomic mass is 10.1. The Bertz CT molecular complexity index is 1110. The molecule has 1 amide bonds.